The quantitative estimate of drug-likeness (QED) is 0.528. The molecule has 1 aliphatic heterocycles. The van der Waals surface area contributed by atoms with Crippen LogP contribution in [0, 0.1) is 5.92 Å². The lowest BCUT2D eigenvalue weighted by Gasteiger charge is -2.42. The Morgan fingerprint density at radius 3 is 2.45 bits per heavy atom. The van der Waals surface area contributed by atoms with Gasteiger partial charge in [-0.1, -0.05) is 57.2 Å². The zero-order valence-electron chi connectivity index (χ0n) is 18.2. The van der Waals surface area contributed by atoms with E-state index in [9.17, 15) is 9.59 Å². The van der Waals surface area contributed by atoms with E-state index in [1.54, 1.807) is 11.3 Å². The van der Waals surface area contributed by atoms with Gasteiger partial charge < -0.3 is 10.2 Å². The highest BCUT2D eigenvalue weighted by Crippen LogP contribution is 2.44. The maximum Gasteiger partial charge on any atom is 0.254 e. The van der Waals surface area contributed by atoms with Crippen molar-refractivity contribution in [1.82, 2.24) is 4.90 Å². The van der Waals surface area contributed by atoms with E-state index in [0.717, 1.165) is 22.5 Å². The second-order valence-corrected chi connectivity index (χ2v) is 9.40. The molecule has 0 saturated carbocycles. The van der Waals surface area contributed by atoms with Crippen molar-refractivity contribution in [2.75, 3.05) is 11.9 Å². The van der Waals surface area contributed by atoms with Crippen LogP contribution in [-0.2, 0) is 11.2 Å². The molecule has 5 heteroatoms. The van der Waals surface area contributed by atoms with E-state index in [1.165, 1.54) is 5.56 Å². The van der Waals surface area contributed by atoms with E-state index in [0.29, 0.717) is 18.0 Å². The van der Waals surface area contributed by atoms with E-state index < -0.39 is 5.92 Å². The number of fused-ring (bicyclic) bond motifs is 1. The van der Waals surface area contributed by atoms with Crippen LogP contribution in [0.2, 0.25) is 0 Å². The number of amides is 2. The van der Waals surface area contributed by atoms with Crippen molar-refractivity contribution in [2.24, 2.45) is 5.92 Å². The van der Waals surface area contributed by atoms with E-state index in [2.05, 4.69) is 26.1 Å². The third-order valence-corrected chi connectivity index (χ3v) is 6.69. The molecule has 0 saturated heterocycles. The first-order valence-corrected chi connectivity index (χ1v) is 11.7. The number of hydrogen-bond acceptors (Lipinski definition) is 3. The number of anilines is 1. The van der Waals surface area contributed by atoms with Crippen LogP contribution in [0.1, 0.15) is 59.1 Å². The largest absolute Gasteiger partial charge is 0.329 e. The predicted molar refractivity (Wildman–Crippen MR) is 127 cm³/mol. The molecule has 4 nitrogen and oxygen atoms in total. The number of benzene rings is 2. The van der Waals surface area contributed by atoms with Gasteiger partial charge in [-0.25, -0.2) is 0 Å². The number of carbonyl (C=O) groups is 2. The number of aryl methyl sites for hydroxylation is 1. The van der Waals surface area contributed by atoms with Gasteiger partial charge in [0.25, 0.3) is 5.91 Å². The lowest BCUT2D eigenvalue weighted by Crippen LogP contribution is -2.47. The van der Waals surface area contributed by atoms with Crippen LogP contribution in [0.15, 0.2) is 66.0 Å². The highest BCUT2D eigenvalue weighted by molar-refractivity contribution is 7.10. The second kappa shape index (κ2) is 9.06. The molecule has 0 aliphatic carbocycles. The Kier molecular flexibility index (Phi) is 6.23. The summed E-state index contributed by atoms with van der Waals surface area (Å²) in [6.45, 7) is 6.91. The van der Waals surface area contributed by atoms with Crippen molar-refractivity contribution in [2.45, 2.75) is 39.2 Å². The Balaban J connectivity index is 1.78. The Morgan fingerprint density at radius 1 is 1.06 bits per heavy atom. The van der Waals surface area contributed by atoms with Gasteiger partial charge in [-0.2, -0.15) is 0 Å². The van der Waals surface area contributed by atoms with Gasteiger partial charge in [0.15, 0.2) is 0 Å². The maximum absolute atomic E-state index is 13.7. The van der Waals surface area contributed by atoms with Crippen LogP contribution >= 0.6 is 11.3 Å². The molecule has 2 atom stereocenters. The summed E-state index contributed by atoms with van der Waals surface area (Å²) in [6.07, 6.45) is 0.955. The van der Waals surface area contributed by atoms with Crippen molar-refractivity contribution >= 4 is 28.8 Å². The molecule has 3 aromatic rings. The monoisotopic (exact) mass is 432 g/mol. The van der Waals surface area contributed by atoms with E-state index in [1.807, 2.05) is 70.9 Å². The minimum atomic E-state index is -0.475. The highest BCUT2D eigenvalue weighted by Gasteiger charge is 2.44. The summed E-state index contributed by atoms with van der Waals surface area (Å²) in [5.41, 5.74) is 3.43. The summed E-state index contributed by atoms with van der Waals surface area (Å²) in [5.74, 6) is -0.269. The van der Waals surface area contributed by atoms with Crippen molar-refractivity contribution in [1.29, 1.82) is 0 Å². The molecule has 0 bridgehead atoms. The third kappa shape index (κ3) is 4.28. The minimum Gasteiger partial charge on any atom is -0.329 e. The van der Waals surface area contributed by atoms with E-state index in [4.69, 9.17) is 0 Å². The van der Waals surface area contributed by atoms with Crippen LogP contribution in [-0.4, -0.2) is 23.3 Å². The van der Waals surface area contributed by atoms with Crippen molar-refractivity contribution < 1.29 is 9.59 Å². The normalized spacial score (nSPS) is 18.2. The molecule has 31 heavy (non-hydrogen) atoms. The molecule has 4 rings (SSSR count). The average Bonchev–Trinajstić information content (AvgIpc) is 3.30. The number of rotatable bonds is 6. The zero-order valence-corrected chi connectivity index (χ0v) is 19.0. The number of carbonyl (C=O) groups excluding carboxylic acids is 2. The van der Waals surface area contributed by atoms with Crippen LogP contribution < -0.4 is 5.32 Å². The second-order valence-electron chi connectivity index (χ2n) is 8.42. The number of thiophene rings is 1. The van der Waals surface area contributed by atoms with Crippen LogP contribution in [0.5, 0.6) is 0 Å². The number of hydrogen-bond donors (Lipinski definition) is 1. The summed E-state index contributed by atoms with van der Waals surface area (Å²) < 4.78 is 0. The topological polar surface area (TPSA) is 49.4 Å². The molecule has 0 spiro atoms. The molecule has 0 unspecified atom stereocenters. The van der Waals surface area contributed by atoms with Crippen LogP contribution in [0.3, 0.4) is 0 Å². The Labute approximate surface area is 187 Å². The zero-order chi connectivity index (χ0) is 22.0. The fraction of sp³-hybridized carbons (Fsp3) is 0.308. The molecule has 2 amide bonds. The summed E-state index contributed by atoms with van der Waals surface area (Å²) in [5, 5.41) is 5.12. The Bertz CT molecular complexity index is 1060. The van der Waals surface area contributed by atoms with Crippen molar-refractivity contribution in [3.05, 3.63) is 87.6 Å². The summed E-state index contributed by atoms with van der Waals surface area (Å²) in [7, 11) is 0. The van der Waals surface area contributed by atoms with Crippen LogP contribution in [0.25, 0.3) is 0 Å². The molecular formula is C26H28N2O2S. The van der Waals surface area contributed by atoms with Gasteiger partial charge in [-0.15, -0.1) is 11.3 Å². The van der Waals surface area contributed by atoms with Crippen molar-refractivity contribution in [3.8, 4) is 0 Å². The smallest absolute Gasteiger partial charge is 0.254 e. The van der Waals surface area contributed by atoms with Crippen LogP contribution in [0.4, 0.5) is 5.69 Å². The van der Waals surface area contributed by atoms with Gasteiger partial charge in [0.2, 0.25) is 5.91 Å². The number of nitrogens with zero attached hydrogens (tertiary/aromatic N) is 1. The molecule has 2 aromatic carbocycles. The van der Waals surface area contributed by atoms with E-state index >= 15 is 0 Å². The molecule has 0 fully saturated rings. The molecule has 1 aromatic heterocycles. The van der Waals surface area contributed by atoms with Gasteiger partial charge in [-0.05, 0) is 53.1 Å². The fourth-order valence-corrected chi connectivity index (χ4v) is 5.16. The van der Waals surface area contributed by atoms with Crippen molar-refractivity contribution in [3.63, 3.8) is 0 Å². The molecule has 160 valence electrons. The first-order valence-electron chi connectivity index (χ1n) is 10.8. The Hall–Kier alpha value is -2.92. The predicted octanol–water partition coefficient (Wildman–Crippen LogP) is 5.89. The molecule has 1 aliphatic rings. The third-order valence-electron chi connectivity index (χ3n) is 5.75. The first-order chi connectivity index (χ1) is 15.0. The maximum atomic E-state index is 13.7. The van der Waals surface area contributed by atoms with E-state index in [-0.39, 0.29) is 17.9 Å². The van der Waals surface area contributed by atoms with Gasteiger partial charge >= 0.3 is 0 Å². The Morgan fingerprint density at radius 2 is 1.81 bits per heavy atom. The fourth-order valence-electron chi connectivity index (χ4n) is 4.29. The average molecular weight is 433 g/mol. The summed E-state index contributed by atoms with van der Waals surface area (Å²) in [4.78, 5) is 30.1. The lowest BCUT2D eigenvalue weighted by atomic mass is 9.81. The van der Waals surface area contributed by atoms with Gasteiger partial charge in [0.05, 0.1) is 12.0 Å². The van der Waals surface area contributed by atoms with Gasteiger partial charge in [-0.3, -0.25) is 9.59 Å². The molecule has 2 heterocycles. The summed E-state index contributed by atoms with van der Waals surface area (Å²) in [6, 6.07) is 19.2. The minimum absolute atomic E-state index is 0.000881. The standard InChI is InChI=1S/C26H28N2O2S/c1-4-18-11-13-19(14-12-18)27-25(29)23-20-8-5-6-9-21(20)26(30)28(16-17(2)3)24(23)22-10-7-15-31-22/h5-15,17,23-24H,4,16H2,1-3H3,(H,27,29)/t23-,24-/m0/s1. The SMILES string of the molecule is CCc1ccc(NC(=O)[C@H]2c3ccccc3C(=O)N(CC(C)C)[C@H]2c2cccs2)cc1. The number of nitrogens with one attached hydrogen (secondary N) is 1. The molecule has 1 N–H and O–H groups in total. The molecular weight excluding hydrogens is 404 g/mol. The van der Waals surface area contributed by atoms with Gasteiger partial charge in [0.1, 0.15) is 0 Å². The summed E-state index contributed by atoms with van der Waals surface area (Å²) >= 11 is 1.60. The first kappa shape index (κ1) is 21.3. The van der Waals surface area contributed by atoms with Gasteiger partial charge in [0, 0.05) is 22.7 Å². The lowest BCUT2D eigenvalue weighted by molar-refractivity contribution is -0.119. The highest BCUT2D eigenvalue weighted by atomic mass is 32.1. The molecule has 0 radical (unpaired) electrons.